The maximum absolute atomic E-state index is 4.60. The highest BCUT2D eigenvalue weighted by Crippen LogP contribution is 2.23. The Labute approximate surface area is 102 Å². The minimum absolute atomic E-state index is 0.459. The Bertz CT molecular complexity index is 502. The summed E-state index contributed by atoms with van der Waals surface area (Å²) in [6, 6.07) is 3.96. The van der Waals surface area contributed by atoms with Gasteiger partial charge in [0.15, 0.2) is 11.5 Å². The average Bonchev–Trinajstić information content (AvgIpc) is 2.76. The summed E-state index contributed by atoms with van der Waals surface area (Å²) < 4.78 is 2.84. The molecule has 0 radical (unpaired) electrons. The van der Waals surface area contributed by atoms with Gasteiger partial charge in [0.2, 0.25) is 0 Å². The predicted octanol–water partition coefficient (Wildman–Crippen LogP) is 1.96. The van der Waals surface area contributed by atoms with Crippen molar-refractivity contribution in [3.8, 4) is 0 Å². The van der Waals surface area contributed by atoms with Crippen LogP contribution >= 0.6 is 15.9 Å². The molecule has 1 saturated heterocycles. The standard InChI is InChI=1S/C11H13BrN4/c12-9-4-2-6-16-11(9)14-10(15-16)8-3-1-5-13-7-8/h2,4,6,8,13H,1,3,5,7H2. The monoisotopic (exact) mass is 280 g/mol. The van der Waals surface area contributed by atoms with Crippen molar-refractivity contribution in [2.24, 2.45) is 0 Å². The molecule has 0 bridgehead atoms. The fraction of sp³-hybridized carbons (Fsp3) is 0.455. The van der Waals surface area contributed by atoms with Gasteiger partial charge in [-0.25, -0.2) is 9.50 Å². The van der Waals surface area contributed by atoms with Gasteiger partial charge < -0.3 is 5.32 Å². The molecule has 0 aliphatic carbocycles. The molecule has 3 heterocycles. The van der Waals surface area contributed by atoms with Crippen LogP contribution in [0, 0.1) is 0 Å². The lowest BCUT2D eigenvalue weighted by atomic mass is 9.99. The van der Waals surface area contributed by atoms with E-state index in [-0.39, 0.29) is 0 Å². The number of hydrogen-bond acceptors (Lipinski definition) is 3. The van der Waals surface area contributed by atoms with E-state index in [1.54, 1.807) is 0 Å². The van der Waals surface area contributed by atoms with Crippen molar-refractivity contribution >= 4 is 21.6 Å². The Morgan fingerprint density at radius 2 is 2.44 bits per heavy atom. The molecule has 1 N–H and O–H groups in total. The number of rotatable bonds is 1. The Kier molecular flexibility index (Phi) is 2.65. The third kappa shape index (κ3) is 1.74. The summed E-state index contributed by atoms with van der Waals surface area (Å²) in [6.07, 6.45) is 4.33. The largest absolute Gasteiger partial charge is 0.316 e. The third-order valence-electron chi connectivity index (χ3n) is 2.99. The Balaban J connectivity index is 2.01. The number of aromatic nitrogens is 3. The Morgan fingerprint density at radius 3 is 3.19 bits per heavy atom. The van der Waals surface area contributed by atoms with Gasteiger partial charge >= 0.3 is 0 Å². The second kappa shape index (κ2) is 4.14. The first-order valence-electron chi connectivity index (χ1n) is 5.56. The summed E-state index contributed by atoms with van der Waals surface area (Å²) >= 11 is 3.50. The Hall–Kier alpha value is -0.940. The third-order valence-corrected chi connectivity index (χ3v) is 3.61. The van der Waals surface area contributed by atoms with Crippen LogP contribution in [-0.4, -0.2) is 27.7 Å². The number of pyridine rings is 1. The highest BCUT2D eigenvalue weighted by atomic mass is 79.9. The van der Waals surface area contributed by atoms with Gasteiger partial charge in [-0.15, -0.1) is 0 Å². The van der Waals surface area contributed by atoms with Gasteiger partial charge in [-0.05, 0) is 47.4 Å². The van der Waals surface area contributed by atoms with Gasteiger partial charge in [0.05, 0.1) is 4.47 Å². The van der Waals surface area contributed by atoms with E-state index in [2.05, 4.69) is 31.3 Å². The minimum Gasteiger partial charge on any atom is -0.316 e. The first kappa shape index (κ1) is 10.2. The highest BCUT2D eigenvalue weighted by Gasteiger charge is 2.19. The van der Waals surface area contributed by atoms with E-state index in [0.717, 1.165) is 29.0 Å². The smallest absolute Gasteiger partial charge is 0.169 e. The van der Waals surface area contributed by atoms with Crippen LogP contribution in [0.2, 0.25) is 0 Å². The van der Waals surface area contributed by atoms with Crippen molar-refractivity contribution in [2.45, 2.75) is 18.8 Å². The molecule has 1 unspecified atom stereocenters. The molecule has 0 saturated carbocycles. The average molecular weight is 281 g/mol. The summed E-state index contributed by atoms with van der Waals surface area (Å²) in [5, 5.41) is 7.92. The van der Waals surface area contributed by atoms with Gasteiger partial charge in [-0.3, -0.25) is 0 Å². The molecular weight excluding hydrogens is 268 g/mol. The lowest BCUT2D eigenvalue weighted by Crippen LogP contribution is -2.28. The molecule has 2 aromatic heterocycles. The van der Waals surface area contributed by atoms with Crippen LogP contribution < -0.4 is 5.32 Å². The van der Waals surface area contributed by atoms with Crippen molar-refractivity contribution in [3.63, 3.8) is 0 Å². The number of fused-ring (bicyclic) bond motifs is 1. The van der Waals surface area contributed by atoms with Crippen LogP contribution in [-0.2, 0) is 0 Å². The fourth-order valence-electron chi connectivity index (χ4n) is 2.14. The maximum Gasteiger partial charge on any atom is 0.169 e. The lowest BCUT2D eigenvalue weighted by Gasteiger charge is -2.19. The van der Waals surface area contributed by atoms with Crippen LogP contribution in [0.15, 0.2) is 22.8 Å². The van der Waals surface area contributed by atoms with E-state index in [4.69, 9.17) is 0 Å². The maximum atomic E-state index is 4.60. The quantitative estimate of drug-likeness (QED) is 0.869. The van der Waals surface area contributed by atoms with Gasteiger partial charge in [-0.1, -0.05) is 0 Å². The van der Waals surface area contributed by atoms with Crippen LogP contribution in [0.3, 0.4) is 0 Å². The van der Waals surface area contributed by atoms with E-state index < -0.39 is 0 Å². The second-order valence-corrected chi connectivity index (χ2v) is 4.99. The second-order valence-electron chi connectivity index (χ2n) is 4.14. The van der Waals surface area contributed by atoms with Crippen LogP contribution in [0.5, 0.6) is 0 Å². The first-order chi connectivity index (χ1) is 7.84. The van der Waals surface area contributed by atoms with Crippen molar-refractivity contribution < 1.29 is 0 Å². The molecular formula is C11H13BrN4. The van der Waals surface area contributed by atoms with E-state index in [0.29, 0.717) is 5.92 Å². The molecule has 1 fully saturated rings. The van der Waals surface area contributed by atoms with Crippen molar-refractivity contribution in [3.05, 3.63) is 28.6 Å². The number of piperidine rings is 1. The van der Waals surface area contributed by atoms with Crippen molar-refractivity contribution in [2.75, 3.05) is 13.1 Å². The number of nitrogens with one attached hydrogen (secondary N) is 1. The SMILES string of the molecule is Brc1cccn2nc(C3CCCNC3)nc12. The zero-order valence-electron chi connectivity index (χ0n) is 8.86. The van der Waals surface area contributed by atoms with Gasteiger partial charge in [0.1, 0.15) is 0 Å². The van der Waals surface area contributed by atoms with Gasteiger partial charge in [0.25, 0.3) is 0 Å². The molecule has 1 aliphatic rings. The minimum atomic E-state index is 0.459. The summed E-state index contributed by atoms with van der Waals surface area (Å²) in [4.78, 5) is 4.60. The summed E-state index contributed by atoms with van der Waals surface area (Å²) in [7, 11) is 0. The molecule has 0 spiro atoms. The topological polar surface area (TPSA) is 42.2 Å². The normalized spacial score (nSPS) is 21.4. The zero-order valence-corrected chi connectivity index (χ0v) is 10.4. The molecule has 84 valence electrons. The van der Waals surface area contributed by atoms with E-state index in [1.165, 1.54) is 12.8 Å². The van der Waals surface area contributed by atoms with Crippen molar-refractivity contribution in [1.82, 2.24) is 19.9 Å². The first-order valence-corrected chi connectivity index (χ1v) is 6.35. The molecule has 3 rings (SSSR count). The molecule has 0 amide bonds. The predicted molar refractivity (Wildman–Crippen MR) is 65.5 cm³/mol. The van der Waals surface area contributed by atoms with Crippen LogP contribution in [0.4, 0.5) is 0 Å². The van der Waals surface area contributed by atoms with Crippen LogP contribution in [0.1, 0.15) is 24.6 Å². The fourth-order valence-corrected chi connectivity index (χ4v) is 2.56. The molecule has 2 aromatic rings. The number of hydrogen-bond donors (Lipinski definition) is 1. The molecule has 1 aliphatic heterocycles. The van der Waals surface area contributed by atoms with E-state index >= 15 is 0 Å². The molecule has 16 heavy (non-hydrogen) atoms. The lowest BCUT2D eigenvalue weighted by molar-refractivity contribution is 0.447. The molecule has 1 atom stereocenters. The Morgan fingerprint density at radius 1 is 1.50 bits per heavy atom. The molecule has 4 nitrogen and oxygen atoms in total. The van der Waals surface area contributed by atoms with E-state index in [9.17, 15) is 0 Å². The highest BCUT2D eigenvalue weighted by molar-refractivity contribution is 9.10. The summed E-state index contributed by atoms with van der Waals surface area (Å²) in [5.74, 6) is 1.42. The van der Waals surface area contributed by atoms with Gasteiger partial charge in [0, 0.05) is 18.7 Å². The summed E-state index contributed by atoms with van der Waals surface area (Å²) in [5.41, 5.74) is 0.906. The summed E-state index contributed by atoms with van der Waals surface area (Å²) in [6.45, 7) is 2.11. The van der Waals surface area contributed by atoms with Crippen LogP contribution in [0.25, 0.3) is 5.65 Å². The number of nitrogens with zero attached hydrogens (tertiary/aromatic N) is 3. The molecule has 5 heteroatoms. The van der Waals surface area contributed by atoms with Crippen molar-refractivity contribution in [1.29, 1.82) is 0 Å². The van der Waals surface area contributed by atoms with E-state index in [1.807, 2.05) is 22.8 Å². The van der Waals surface area contributed by atoms with Gasteiger partial charge in [-0.2, -0.15) is 5.10 Å². The zero-order chi connectivity index (χ0) is 11.0. The number of halogens is 1. The molecule has 0 aromatic carbocycles.